The molecule has 1 fully saturated rings. The highest BCUT2D eigenvalue weighted by molar-refractivity contribution is 5.88. The molecular formula is C17H27ClN2O. The Labute approximate surface area is 134 Å². The van der Waals surface area contributed by atoms with E-state index < -0.39 is 0 Å². The first-order valence-electron chi connectivity index (χ1n) is 7.84. The molecule has 0 saturated heterocycles. The average Bonchev–Trinajstić information content (AvgIpc) is 2.99. The Morgan fingerprint density at radius 3 is 2.38 bits per heavy atom. The molecule has 0 bridgehead atoms. The van der Waals surface area contributed by atoms with Crippen molar-refractivity contribution in [3.8, 4) is 0 Å². The molecule has 2 rings (SSSR count). The van der Waals surface area contributed by atoms with Crippen molar-refractivity contribution < 1.29 is 4.79 Å². The topological polar surface area (TPSA) is 41.1 Å². The van der Waals surface area contributed by atoms with Crippen molar-refractivity contribution in [3.63, 3.8) is 0 Å². The van der Waals surface area contributed by atoms with Gasteiger partial charge in [-0.25, -0.2) is 0 Å². The van der Waals surface area contributed by atoms with Gasteiger partial charge in [0.1, 0.15) is 0 Å². The third-order valence-electron chi connectivity index (χ3n) is 4.23. The van der Waals surface area contributed by atoms with Crippen LogP contribution in [0.2, 0.25) is 0 Å². The van der Waals surface area contributed by atoms with Gasteiger partial charge in [-0.3, -0.25) is 4.79 Å². The number of hydrogen-bond acceptors (Lipinski definition) is 2. The molecule has 1 saturated carbocycles. The van der Waals surface area contributed by atoms with Gasteiger partial charge in [0.25, 0.3) is 0 Å². The molecule has 1 aromatic rings. The number of rotatable bonds is 7. The fraction of sp³-hybridized carbons (Fsp3) is 0.588. The summed E-state index contributed by atoms with van der Waals surface area (Å²) in [6.07, 6.45) is 5.38. The number of carbonyl (C=O) groups is 1. The quantitative estimate of drug-likeness (QED) is 0.760. The van der Waals surface area contributed by atoms with E-state index in [1.54, 1.807) is 0 Å². The van der Waals surface area contributed by atoms with Crippen LogP contribution in [0.1, 0.15) is 44.6 Å². The maximum atomic E-state index is 12.7. The molecule has 0 radical (unpaired) electrons. The zero-order valence-electron chi connectivity index (χ0n) is 12.9. The molecular weight excluding hydrogens is 284 g/mol. The smallest absolute Gasteiger partial charge is 0.230 e. The highest BCUT2D eigenvalue weighted by Gasteiger charge is 2.42. The van der Waals surface area contributed by atoms with E-state index in [1.807, 2.05) is 18.2 Å². The second kappa shape index (κ2) is 9.06. The number of halogens is 1. The van der Waals surface area contributed by atoms with Crippen molar-refractivity contribution in [2.45, 2.75) is 44.4 Å². The monoisotopic (exact) mass is 310 g/mol. The lowest BCUT2D eigenvalue weighted by molar-refractivity contribution is -0.126. The molecule has 0 atom stereocenters. The average molecular weight is 311 g/mol. The van der Waals surface area contributed by atoms with Crippen LogP contribution in [0.15, 0.2) is 30.3 Å². The molecule has 0 heterocycles. The van der Waals surface area contributed by atoms with Gasteiger partial charge in [0, 0.05) is 13.1 Å². The van der Waals surface area contributed by atoms with E-state index in [0.717, 1.165) is 45.2 Å². The second-order valence-electron chi connectivity index (χ2n) is 5.66. The lowest BCUT2D eigenvalue weighted by Gasteiger charge is -2.28. The molecule has 1 aliphatic carbocycles. The number of nitrogens with one attached hydrogen (secondary N) is 2. The normalized spacial score (nSPS) is 16.2. The minimum atomic E-state index is -0.286. The standard InChI is InChI=1S/C17H26N2O.ClH/c1-2-12-18-13-14-19-16(20)17(10-6-7-11-17)15-8-4-3-5-9-15;/h3-5,8-9,18H,2,6-7,10-14H2,1H3,(H,19,20);1H. The van der Waals surface area contributed by atoms with Crippen LogP contribution >= 0.6 is 12.4 Å². The van der Waals surface area contributed by atoms with E-state index >= 15 is 0 Å². The number of benzene rings is 1. The predicted molar refractivity (Wildman–Crippen MR) is 90.0 cm³/mol. The highest BCUT2D eigenvalue weighted by atomic mass is 35.5. The largest absolute Gasteiger partial charge is 0.354 e. The molecule has 0 aliphatic heterocycles. The Morgan fingerprint density at radius 1 is 1.10 bits per heavy atom. The van der Waals surface area contributed by atoms with E-state index in [9.17, 15) is 4.79 Å². The Morgan fingerprint density at radius 2 is 1.76 bits per heavy atom. The molecule has 1 aromatic carbocycles. The van der Waals surface area contributed by atoms with Crippen molar-refractivity contribution in [3.05, 3.63) is 35.9 Å². The Hall–Kier alpha value is -1.06. The Kier molecular flexibility index (Phi) is 7.76. The summed E-state index contributed by atoms with van der Waals surface area (Å²) in [5, 5.41) is 6.44. The summed E-state index contributed by atoms with van der Waals surface area (Å²) >= 11 is 0. The summed E-state index contributed by atoms with van der Waals surface area (Å²) < 4.78 is 0. The van der Waals surface area contributed by atoms with Gasteiger partial charge >= 0.3 is 0 Å². The molecule has 118 valence electrons. The third-order valence-corrected chi connectivity index (χ3v) is 4.23. The van der Waals surface area contributed by atoms with Gasteiger partial charge in [0.15, 0.2) is 0 Å². The van der Waals surface area contributed by atoms with Gasteiger partial charge < -0.3 is 10.6 Å². The van der Waals surface area contributed by atoms with E-state index in [2.05, 4.69) is 29.7 Å². The molecule has 2 N–H and O–H groups in total. The van der Waals surface area contributed by atoms with Gasteiger partial charge in [0.05, 0.1) is 5.41 Å². The number of hydrogen-bond donors (Lipinski definition) is 2. The van der Waals surface area contributed by atoms with Gasteiger partial charge in [-0.15, -0.1) is 12.4 Å². The molecule has 3 nitrogen and oxygen atoms in total. The maximum Gasteiger partial charge on any atom is 0.230 e. The fourth-order valence-electron chi connectivity index (χ4n) is 3.12. The van der Waals surface area contributed by atoms with Crippen molar-refractivity contribution in [1.29, 1.82) is 0 Å². The third kappa shape index (κ3) is 4.45. The van der Waals surface area contributed by atoms with Crippen molar-refractivity contribution in [2.75, 3.05) is 19.6 Å². The van der Waals surface area contributed by atoms with Crippen molar-refractivity contribution in [2.24, 2.45) is 0 Å². The highest BCUT2D eigenvalue weighted by Crippen LogP contribution is 2.41. The van der Waals surface area contributed by atoms with E-state index in [0.29, 0.717) is 6.54 Å². The lowest BCUT2D eigenvalue weighted by atomic mass is 9.78. The van der Waals surface area contributed by atoms with Crippen LogP contribution in [0, 0.1) is 0 Å². The van der Waals surface area contributed by atoms with Crippen molar-refractivity contribution in [1.82, 2.24) is 10.6 Å². The lowest BCUT2D eigenvalue weighted by Crippen LogP contribution is -2.44. The summed E-state index contributed by atoms with van der Waals surface area (Å²) in [7, 11) is 0. The molecule has 0 spiro atoms. The number of carbonyl (C=O) groups excluding carboxylic acids is 1. The first-order chi connectivity index (χ1) is 9.79. The first-order valence-corrected chi connectivity index (χ1v) is 7.84. The summed E-state index contributed by atoms with van der Waals surface area (Å²) in [6, 6.07) is 10.3. The first kappa shape index (κ1) is 18.0. The maximum absolute atomic E-state index is 12.7. The van der Waals surface area contributed by atoms with E-state index in [-0.39, 0.29) is 23.7 Å². The fourth-order valence-corrected chi connectivity index (χ4v) is 3.12. The predicted octanol–water partition coefficient (Wildman–Crippen LogP) is 3.04. The van der Waals surface area contributed by atoms with Crippen LogP contribution in [-0.2, 0) is 10.2 Å². The van der Waals surface area contributed by atoms with Gasteiger partial charge in [-0.05, 0) is 31.4 Å². The van der Waals surface area contributed by atoms with Crippen LogP contribution in [0.5, 0.6) is 0 Å². The Balaban J connectivity index is 0.00000220. The summed E-state index contributed by atoms with van der Waals surface area (Å²) in [4.78, 5) is 12.7. The Bertz CT molecular complexity index is 416. The van der Waals surface area contributed by atoms with Crippen LogP contribution < -0.4 is 10.6 Å². The van der Waals surface area contributed by atoms with E-state index in [1.165, 1.54) is 5.56 Å². The zero-order valence-corrected chi connectivity index (χ0v) is 13.7. The minimum absolute atomic E-state index is 0. The molecule has 0 unspecified atom stereocenters. The summed E-state index contributed by atoms with van der Waals surface area (Å²) in [5.41, 5.74) is 0.892. The molecule has 0 aromatic heterocycles. The van der Waals surface area contributed by atoms with Gasteiger partial charge in [0.2, 0.25) is 5.91 Å². The van der Waals surface area contributed by atoms with Crippen molar-refractivity contribution >= 4 is 18.3 Å². The molecule has 1 aliphatic rings. The van der Waals surface area contributed by atoms with Gasteiger partial charge in [-0.1, -0.05) is 50.1 Å². The van der Waals surface area contributed by atoms with Crippen LogP contribution in [0.4, 0.5) is 0 Å². The van der Waals surface area contributed by atoms with Crippen LogP contribution in [0.25, 0.3) is 0 Å². The molecule has 4 heteroatoms. The minimum Gasteiger partial charge on any atom is -0.354 e. The molecule has 21 heavy (non-hydrogen) atoms. The van der Waals surface area contributed by atoms with Crippen LogP contribution in [0.3, 0.4) is 0 Å². The second-order valence-corrected chi connectivity index (χ2v) is 5.66. The molecule has 1 amide bonds. The SMILES string of the molecule is CCCNCCNC(=O)C1(c2ccccc2)CCCC1.Cl. The van der Waals surface area contributed by atoms with Crippen LogP contribution in [-0.4, -0.2) is 25.5 Å². The zero-order chi connectivity index (χ0) is 14.3. The van der Waals surface area contributed by atoms with E-state index in [4.69, 9.17) is 0 Å². The number of amides is 1. The summed E-state index contributed by atoms with van der Waals surface area (Å²) in [6.45, 7) is 4.73. The summed E-state index contributed by atoms with van der Waals surface area (Å²) in [5.74, 6) is 0.208. The van der Waals surface area contributed by atoms with Gasteiger partial charge in [-0.2, -0.15) is 0 Å².